The van der Waals surface area contributed by atoms with Crippen LogP contribution in [0.5, 0.6) is 0 Å². The molecule has 0 unspecified atom stereocenters. The van der Waals surface area contributed by atoms with Crippen molar-refractivity contribution in [3.63, 3.8) is 0 Å². The molecule has 0 bridgehead atoms. The van der Waals surface area contributed by atoms with Gasteiger partial charge < -0.3 is 0 Å². The Labute approximate surface area is 299 Å². The number of hydrogen-bond donors (Lipinski definition) is 0. The lowest BCUT2D eigenvalue weighted by Gasteiger charge is -2.09. The lowest BCUT2D eigenvalue weighted by molar-refractivity contribution is 1.08. The van der Waals surface area contributed by atoms with Crippen LogP contribution in [-0.2, 0) is 0 Å². The summed E-state index contributed by atoms with van der Waals surface area (Å²) in [6, 6.07) is 51.2. The minimum absolute atomic E-state index is 0.654. The number of para-hydroxylation sites is 1. The van der Waals surface area contributed by atoms with E-state index in [2.05, 4.69) is 126 Å². The highest BCUT2D eigenvalue weighted by molar-refractivity contribution is 7.26. The minimum Gasteiger partial charge on any atom is -0.292 e. The van der Waals surface area contributed by atoms with Crippen molar-refractivity contribution < 1.29 is 0 Å². The Hall–Kier alpha value is -6.28. The molecule has 5 heterocycles. The Kier molecular flexibility index (Phi) is 6.22. The molecular weight excluding hydrogens is 663 g/mol. The van der Waals surface area contributed by atoms with Crippen molar-refractivity contribution in [1.82, 2.24) is 24.5 Å². The van der Waals surface area contributed by atoms with E-state index < -0.39 is 0 Å². The molecule has 0 aliphatic heterocycles. The average molecular weight is 688 g/mol. The summed E-state index contributed by atoms with van der Waals surface area (Å²) in [7, 11) is 0. The van der Waals surface area contributed by atoms with Crippen LogP contribution < -0.4 is 0 Å². The molecule has 0 aliphatic rings. The van der Waals surface area contributed by atoms with Crippen molar-refractivity contribution in [1.29, 1.82) is 0 Å². The molecule has 5 nitrogen and oxygen atoms in total. The molecule has 11 rings (SSSR count). The molecule has 0 spiro atoms. The maximum absolute atomic E-state index is 5.12. The van der Waals surface area contributed by atoms with Crippen LogP contribution in [0, 0.1) is 0 Å². The molecule has 238 valence electrons. The highest BCUT2D eigenvalue weighted by Gasteiger charge is 2.19. The van der Waals surface area contributed by atoms with E-state index >= 15 is 0 Å². The summed E-state index contributed by atoms with van der Waals surface area (Å²) in [6.07, 6.45) is 1.88. The van der Waals surface area contributed by atoms with Gasteiger partial charge in [-0.3, -0.25) is 4.57 Å². The average Bonchev–Trinajstić information content (AvgIpc) is 3.87. The van der Waals surface area contributed by atoms with E-state index in [0.29, 0.717) is 17.5 Å². The zero-order valence-corrected chi connectivity index (χ0v) is 28.6. The molecule has 5 aromatic heterocycles. The number of pyridine rings is 1. The van der Waals surface area contributed by atoms with E-state index in [1.807, 2.05) is 30.5 Å². The second-order valence-electron chi connectivity index (χ2n) is 12.7. The van der Waals surface area contributed by atoms with Crippen LogP contribution in [0.3, 0.4) is 0 Å². The summed E-state index contributed by atoms with van der Waals surface area (Å²) in [5.41, 5.74) is 6.13. The SMILES string of the molecule is c1ccc(-c2nc(-c3ccc4c(c3)sc3ccccc34)nc(-c3ccc4c(c3)sc3c(-n5c6ccccc6c6cccnc65)cccc34)n2)cc1. The van der Waals surface area contributed by atoms with Gasteiger partial charge in [0.15, 0.2) is 17.5 Å². The summed E-state index contributed by atoms with van der Waals surface area (Å²) >= 11 is 3.60. The molecule has 0 amide bonds. The van der Waals surface area contributed by atoms with Crippen LogP contribution >= 0.6 is 22.7 Å². The molecule has 11 aromatic rings. The van der Waals surface area contributed by atoms with Gasteiger partial charge >= 0.3 is 0 Å². The van der Waals surface area contributed by atoms with Crippen molar-refractivity contribution in [2.45, 2.75) is 0 Å². The molecule has 0 fully saturated rings. The molecule has 0 saturated heterocycles. The topological polar surface area (TPSA) is 56.5 Å². The number of thiophene rings is 2. The summed E-state index contributed by atoms with van der Waals surface area (Å²) in [6.45, 7) is 0. The van der Waals surface area contributed by atoms with Gasteiger partial charge in [0, 0.05) is 69.3 Å². The maximum atomic E-state index is 5.12. The fourth-order valence-corrected chi connectivity index (χ4v) is 9.74. The molecule has 0 N–H and O–H groups in total. The standard InChI is InChI=1S/C44H25N5S2/c1-2-10-26(11-3-1)41-46-42(27-19-21-31-30-13-5-7-18-37(30)50-38(31)24-27)48-43(47-41)28-20-22-32-33-14-8-17-36(40(33)51-39(32)25-28)49-35-16-6-4-12-29(35)34-15-9-23-45-44(34)49/h1-25H. The second kappa shape index (κ2) is 11.1. The molecular formula is C44H25N5S2. The number of fused-ring (bicyclic) bond motifs is 9. The first-order valence-corrected chi connectivity index (χ1v) is 18.4. The lowest BCUT2D eigenvalue weighted by Crippen LogP contribution is -2.00. The van der Waals surface area contributed by atoms with E-state index in [4.69, 9.17) is 19.9 Å². The molecule has 7 heteroatoms. The first-order valence-electron chi connectivity index (χ1n) is 16.8. The van der Waals surface area contributed by atoms with Gasteiger partial charge in [0.1, 0.15) is 5.65 Å². The van der Waals surface area contributed by atoms with Crippen LogP contribution in [-0.4, -0.2) is 24.5 Å². The minimum atomic E-state index is 0.654. The normalized spacial score (nSPS) is 11.9. The van der Waals surface area contributed by atoms with Gasteiger partial charge in [-0.05, 0) is 42.5 Å². The number of hydrogen-bond acceptors (Lipinski definition) is 6. The molecule has 0 radical (unpaired) electrons. The van der Waals surface area contributed by atoms with Crippen LogP contribution in [0.2, 0.25) is 0 Å². The smallest absolute Gasteiger partial charge is 0.164 e. The monoisotopic (exact) mass is 687 g/mol. The van der Waals surface area contributed by atoms with Crippen LogP contribution in [0.15, 0.2) is 152 Å². The van der Waals surface area contributed by atoms with Gasteiger partial charge in [-0.1, -0.05) is 103 Å². The van der Waals surface area contributed by atoms with Gasteiger partial charge in [-0.15, -0.1) is 22.7 Å². The molecule has 51 heavy (non-hydrogen) atoms. The van der Waals surface area contributed by atoms with Crippen LogP contribution in [0.1, 0.15) is 0 Å². The predicted molar refractivity (Wildman–Crippen MR) is 214 cm³/mol. The van der Waals surface area contributed by atoms with Gasteiger partial charge in [0.2, 0.25) is 0 Å². The number of benzene rings is 6. The van der Waals surface area contributed by atoms with E-state index in [9.17, 15) is 0 Å². The van der Waals surface area contributed by atoms with Crippen molar-refractivity contribution in [2.75, 3.05) is 0 Å². The zero-order valence-electron chi connectivity index (χ0n) is 27.0. The largest absolute Gasteiger partial charge is 0.292 e. The quantitative estimate of drug-likeness (QED) is 0.185. The first kappa shape index (κ1) is 28.5. The fourth-order valence-electron chi connectivity index (χ4n) is 7.35. The number of rotatable bonds is 4. The van der Waals surface area contributed by atoms with E-state index in [0.717, 1.165) is 38.9 Å². The third-order valence-electron chi connectivity index (χ3n) is 9.72. The van der Waals surface area contributed by atoms with Gasteiger partial charge in [0.05, 0.1) is 15.9 Å². The van der Waals surface area contributed by atoms with E-state index in [1.54, 1.807) is 22.7 Å². The first-order chi connectivity index (χ1) is 25.3. The van der Waals surface area contributed by atoms with Gasteiger partial charge in [-0.25, -0.2) is 19.9 Å². The Morgan fingerprint density at radius 2 is 1.02 bits per heavy atom. The second-order valence-corrected chi connectivity index (χ2v) is 14.8. The van der Waals surface area contributed by atoms with E-state index in [-0.39, 0.29) is 0 Å². The Morgan fingerprint density at radius 3 is 1.82 bits per heavy atom. The van der Waals surface area contributed by atoms with Crippen LogP contribution in [0.4, 0.5) is 0 Å². The molecule has 0 atom stereocenters. The molecule has 0 saturated carbocycles. The Balaban J connectivity index is 1.09. The van der Waals surface area contributed by atoms with Gasteiger partial charge in [-0.2, -0.15) is 0 Å². The Bertz CT molecular complexity index is 3100. The fraction of sp³-hybridized carbons (Fsp3) is 0. The number of nitrogens with zero attached hydrogens (tertiary/aromatic N) is 5. The zero-order chi connectivity index (χ0) is 33.5. The lowest BCUT2D eigenvalue weighted by atomic mass is 10.1. The third kappa shape index (κ3) is 4.45. The van der Waals surface area contributed by atoms with Crippen molar-refractivity contribution in [2.24, 2.45) is 0 Å². The summed E-state index contributed by atoms with van der Waals surface area (Å²) < 4.78 is 7.20. The van der Waals surface area contributed by atoms with Crippen molar-refractivity contribution in [3.8, 4) is 39.9 Å². The highest BCUT2D eigenvalue weighted by Crippen LogP contribution is 2.42. The van der Waals surface area contributed by atoms with Crippen LogP contribution in [0.25, 0.3) is 102 Å². The summed E-state index contributed by atoms with van der Waals surface area (Å²) in [5.74, 6) is 1.97. The summed E-state index contributed by atoms with van der Waals surface area (Å²) in [5, 5.41) is 7.32. The molecule has 6 aromatic carbocycles. The molecule has 0 aliphatic carbocycles. The van der Waals surface area contributed by atoms with Crippen molar-refractivity contribution in [3.05, 3.63) is 152 Å². The Morgan fingerprint density at radius 1 is 0.412 bits per heavy atom. The van der Waals surface area contributed by atoms with E-state index in [1.165, 1.54) is 45.7 Å². The predicted octanol–water partition coefficient (Wildman–Crippen LogP) is 12.1. The van der Waals surface area contributed by atoms with Gasteiger partial charge in [0.25, 0.3) is 0 Å². The summed E-state index contributed by atoms with van der Waals surface area (Å²) in [4.78, 5) is 20.1. The number of aromatic nitrogens is 5. The maximum Gasteiger partial charge on any atom is 0.164 e. The highest BCUT2D eigenvalue weighted by atomic mass is 32.1. The third-order valence-corrected chi connectivity index (χ3v) is 12.0. The van der Waals surface area contributed by atoms with Crippen molar-refractivity contribution >= 4 is 85.0 Å².